The molecule has 13 rings (SSSR count). The number of furan rings is 1. The topological polar surface area (TPSA) is 16.4 Å². The Morgan fingerprint density at radius 2 is 0.937 bits per heavy atom. The van der Waals surface area contributed by atoms with Crippen molar-refractivity contribution in [3.05, 3.63) is 224 Å². The lowest BCUT2D eigenvalue weighted by Crippen LogP contribution is -2.11. The van der Waals surface area contributed by atoms with Crippen LogP contribution in [-0.4, -0.2) is 0 Å². The van der Waals surface area contributed by atoms with Gasteiger partial charge in [-0.1, -0.05) is 164 Å². The Hall–Kier alpha value is -7.98. The highest BCUT2D eigenvalue weighted by atomic mass is 32.1. The summed E-state index contributed by atoms with van der Waals surface area (Å²) in [5.74, 6) is 0. The van der Waals surface area contributed by atoms with Gasteiger partial charge in [-0.15, -0.1) is 11.3 Å². The molecule has 0 aliphatic rings. The summed E-state index contributed by atoms with van der Waals surface area (Å²) in [6, 6.07) is 81.8. The molecule has 0 atom stereocenters. The Balaban J connectivity index is 0.968. The van der Waals surface area contributed by atoms with Crippen molar-refractivity contribution < 1.29 is 4.42 Å². The number of rotatable bonds is 6. The lowest BCUT2D eigenvalue weighted by atomic mass is 9.93. The minimum Gasteiger partial charge on any atom is -0.455 e. The standard InChI is InChI=1S/C60H37NOS/c1-4-16-47-38(12-1)28-34-52-55-37-42(29-35-57(55)62-59(47)52)46-15-7-9-22-56(46)61(43-30-24-39(25-31-43)48-20-11-21-53-51-19-8-10-23-58(51)63-60(48)53)44-32-26-40(27-33-44)54-36-41-13-2-3-14-45(41)49-17-5-6-18-50(49)54/h1-37H. The Labute approximate surface area is 368 Å². The maximum Gasteiger partial charge on any atom is 0.143 e. The molecule has 2 nitrogen and oxygen atoms in total. The van der Waals surface area contributed by atoms with Crippen LogP contribution < -0.4 is 4.90 Å². The highest BCUT2D eigenvalue weighted by molar-refractivity contribution is 7.26. The van der Waals surface area contributed by atoms with Crippen molar-refractivity contribution in [2.45, 2.75) is 0 Å². The second kappa shape index (κ2) is 14.3. The summed E-state index contributed by atoms with van der Waals surface area (Å²) in [4.78, 5) is 2.41. The Kier molecular flexibility index (Phi) is 8.12. The predicted molar refractivity (Wildman–Crippen MR) is 270 cm³/mol. The molecule has 0 aliphatic heterocycles. The number of thiophene rings is 1. The summed E-state index contributed by atoms with van der Waals surface area (Å²) in [5.41, 5.74) is 12.2. The van der Waals surface area contributed by atoms with E-state index in [-0.39, 0.29) is 0 Å². The molecule has 0 radical (unpaired) electrons. The van der Waals surface area contributed by atoms with Gasteiger partial charge >= 0.3 is 0 Å². The molecule has 0 amide bonds. The summed E-state index contributed by atoms with van der Waals surface area (Å²) in [6.07, 6.45) is 0. The summed E-state index contributed by atoms with van der Waals surface area (Å²) < 4.78 is 9.19. The molecule has 294 valence electrons. The van der Waals surface area contributed by atoms with Crippen LogP contribution in [0.1, 0.15) is 0 Å². The Morgan fingerprint density at radius 1 is 0.333 bits per heavy atom. The highest BCUT2D eigenvalue weighted by Gasteiger charge is 2.20. The van der Waals surface area contributed by atoms with Crippen LogP contribution in [0.5, 0.6) is 0 Å². The zero-order valence-corrected chi connectivity index (χ0v) is 34.9. The molecule has 11 aromatic carbocycles. The molecule has 0 unspecified atom stereocenters. The number of hydrogen-bond donors (Lipinski definition) is 0. The first kappa shape index (κ1) is 35.7. The van der Waals surface area contributed by atoms with E-state index in [1.165, 1.54) is 69.4 Å². The van der Waals surface area contributed by atoms with E-state index >= 15 is 0 Å². The molecule has 2 heterocycles. The molecule has 63 heavy (non-hydrogen) atoms. The molecule has 2 aromatic heterocycles. The van der Waals surface area contributed by atoms with Crippen molar-refractivity contribution in [1.29, 1.82) is 0 Å². The summed E-state index contributed by atoms with van der Waals surface area (Å²) >= 11 is 1.87. The van der Waals surface area contributed by atoms with E-state index in [2.05, 4.69) is 229 Å². The first-order valence-corrected chi connectivity index (χ1v) is 22.3. The van der Waals surface area contributed by atoms with Gasteiger partial charge in [-0.2, -0.15) is 0 Å². The van der Waals surface area contributed by atoms with Crippen molar-refractivity contribution in [2.24, 2.45) is 0 Å². The fourth-order valence-electron chi connectivity index (χ4n) is 9.86. The molecule has 3 heteroatoms. The van der Waals surface area contributed by atoms with Crippen molar-refractivity contribution in [3.8, 4) is 33.4 Å². The largest absolute Gasteiger partial charge is 0.455 e. The predicted octanol–water partition coefficient (Wildman–Crippen LogP) is 17.9. The fourth-order valence-corrected chi connectivity index (χ4v) is 11.1. The second-order valence-electron chi connectivity index (χ2n) is 16.4. The van der Waals surface area contributed by atoms with Gasteiger partial charge in [0.15, 0.2) is 0 Å². The average Bonchev–Trinajstić information content (AvgIpc) is 3.93. The third kappa shape index (κ3) is 5.78. The molecule has 0 N–H and O–H groups in total. The quantitative estimate of drug-likeness (QED) is 0.155. The minimum atomic E-state index is 0.889. The third-order valence-electron chi connectivity index (χ3n) is 12.9. The van der Waals surface area contributed by atoms with E-state index in [0.29, 0.717) is 0 Å². The van der Waals surface area contributed by atoms with Crippen LogP contribution in [0, 0.1) is 0 Å². The molecule has 0 saturated carbocycles. The van der Waals surface area contributed by atoms with Crippen LogP contribution in [0.2, 0.25) is 0 Å². The lowest BCUT2D eigenvalue weighted by Gasteiger charge is -2.28. The van der Waals surface area contributed by atoms with Gasteiger partial charge in [-0.25, -0.2) is 0 Å². The maximum atomic E-state index is 6.55. The number of anilines is 3. The number of para-hydroxylation sites is 1. The van der Waals surface area contributed by atoms with E-state index in [1.54, 1.807) is 0 Å². The molecule has 0 saturated heterocycles. The van der Waals surface area contributed by atoms with Gasteiger partial charge in [0, 0.05) is 53.3 Å². The summed E-state index contributed by atoms with van der Waals surface area (Å²) in [7, 11) is 0. The van der Waals surface area contributed by atoms with Gasteiger partial charge in [0.05, 0.1) is 5.69 Å². The molecule has 0 bridgehead atoms. The number of fused-ring (bicyclic) bond motifs is 11. The van der Waals surface area contributed by atoms with Gasteiger partial charge in [-0.3, -0.25) is 0 Å². The van der Waals surface area contributed by atoms with E-state index in [0.717, 1.165) is 55.5 Å². The van der Waals surface area contributed by atoms with Crippen LogP contribution in [0.15, 0.2) is 229 Å². The van der Waals surface area contributed by atoms with Crippen LogP contribution in [0.25, 0.3) is 108 Å². The van der Waals surface area contributed by atoms with Crippen molar-refractivity contribution >= 4 is 103 Å². The van der Waals surface area contributed by atoms with E-state index in [9.17, 15) is 0 Å². The SMILES string of the molecule is c1ccc(N(c2ccc(-c3cc4ccccc4c4ccccc34)cc2)c2ccc(-c3cccc4c3sc3ccccc34)cc2)c(-c2ccc3oc4c5ccccc5ccc4c3c2)c1. The Morgan fingerprint density at radius 3 is 1.75 bits per heavy atom. The minimum absolute atomic E-state index is 0.889. The number of hydrogen-bond acceptors (Lipinski definition) is 3. The summed E-state index contributed by atoms with van der Waals surface area (Å²) in [5, 5.41) is 12.2. The first-order chi connectivity index (χ1) is 31.2. The zero-order chi connectivity index (χ0) is 41.4. The molecule has 0 spiro atoms. The normalized spacial score (nSPS) is 11.8. The van der Waals surface area contributed by atoms with E-state index in [4.69, 9.17) is 4.42 Å². The number of nitrogens with zero attached hydrogens (tertiary/aromatic N) is 1. The summed E-state index contributed by atoms with van der Waals surface area (Å²) in [6.45, 7) is 0. The average molecular weight is 820 g/mol. The molecular formula is C60H37NOS. The molecule has 0 aliphatic carbocycles. The van der Waals surface area contributed by atoms with Crippen LogP contribution in [0.3, 0.4) is 0 Å². The van der Waals surface area contributed by atoms with Gasteiger partial charge in [0.2, 0.25) is 0 Å². The zero-order valence-electron chi connectivity index (χ0n) is 34.1. The molecule has 13 aromatic rings. The third-order valence-corrected chi connectivity index (χ3v) is 14.1. The van der Waals surface area contributed by atoms with Gasteiger partial charge in [-0.05, 0) is 115 Å². The van der Waals surface area contributed by atoms with Crippen LogP contribution >= 0.6 is 11.3 Å². The monoisotopic (exact) mass is 819 g/mol. The molecule has 0 fully saturated rings. The van der Waals surface area contributed by atoms with Crippen molar-refractivity contribution in [3.63, 3.8) is 0 Å². The van der Waals surface area contributed by atoms with Gasteiger partial charge in [0.1, 0.15) is 11.2 Å². The Bertz CT molecular complexity index is 3910. The number of benzene rings is 11. The van der Waals surface area contributed by atoms with Crippen LogP contribution in [-0.2, 0) is 0 Å². The second-order valence-corrected chi connectivity index (χ2v) is 17.4. The lowest BCUT2D eigenvalue weighted by molar-refractivity contribution is 0.672. The van der Waals surface area contributed by atoms with Gasteiger partial charge < -0.3 is 9.32 Å². The van der Waals surface area contributed by atoms with Gasteiger partial charge in [0.25, 0.3) is 0 Å². The first-order valence-electron chi connectivity index (χ1n) is 21.5. The van der Waals surface area contributed by atoms with Crippen molar-refractivity contribution in [2.75, 3.05) is 4.90 Å². The van der Waals surface area contributed by atoms with Crippen molar-refractivity contribution in [1.82, 2.24) is 0 Å². The fraction of sp³-hybridized carbons (Fsp3) is 0. The smallest absolute Gasteiger partial charge is 0.143 e. The highest BCUT2D eigenvalue weighted by Crippen LogP contribution is 2.46. The maximum absolute atomic E-state index is 6.55. The molecular weight excluding hydrogens is 783 g/mol. The van der Waals surface area contributed by atoms with E-state index in [1.807, 2.05) is 11.3 Å². The van der Waals surface area contributed by atoms with Crippen LogP contribution in [0.4, 0.5) is 17.1 Å². The van der Waals surface area contributed by atoms with E-state index < -0.39 is 0 Å².